The molecule has 4 heteroatoms. The van der Waals surface area contributed by atoms with Crippen LogP contribution < -0.4 is 5.73 Å². The van der Waals surface area contributed by atoms with Gasteiger partial charge in [0.2, 0.25) is 5.95 Å². The molecule has 0 bridgehead atoms. The number of halogens is 1. The fraction of sp³-hybridized carbons (Fsp3) is 0.500. The molecule has 0 aliphatic heterocycles. The normalized spacial score (nSPS) is 19.9. The summed E-state index contributed by atoms with van der Waals surface area (Å²) in [6, 6.07) is 6.45. The first-order valence-corrected chi connectivity index (χ1v) is 7.05. The van der Waals surface area contributed by atoms with Crippen LogP contribution >= 0.6 is 11.6 Å². The molecule has 0 saturated heterocycles. The summed E-state index contributed by atoms with van der Waals surface area (Å²) in [5.74, 6) is 2.27. The first kappa shape index (κ1) is 10.7. The molecule has 0 radical (unpaired) electrons. The summed E-state index contributed by atoms with van der Waals surface area (Å²) in [5.41, 5.74) is 8.21. The number of benzene rings is 1. The number of nitrogens with two attached hydrogens (primary N) is 1. The third kappa shape index (κ3) is 1.61. The van der Waals surface area contributed by atoms with Crippen molar-refractivity contribution in [3.05, 3.63) is 23.2 Å². The summed E-state index contributed by atoms with van der Waals surface area (Å²) < 4.78 is 2.26. The van der Waals surface area contributed by atoms with Crippen LogP contribution in [-0.4, -0.2) is 9.55 Å². The summed E-state index contributed by atoms with van der Waals surface area (Å²) in [6.07, 6.45) is 5.36. The molecular weight excluding hydrogens is 246 g/mol. The van der Waals surface area contributed by atoms with E-state index in [0.717, 1.165) is 27.9 Å². The van der Waals surface area contributed by atoms with Crippen LogP contribution in [0.25, 0.3) is 11.0 Å². The minimum Gasteiger partial charge on any atom is -0.369 e. The van der Waals surface area contributed by atoms with Gasteiger partial charge in [0.05, 0.1) is 11.0 Å². The molecule has 2 aliphatic carbocycles. The molecular formula is C14H16ClN3. The molecule has 1 heterocycles. The van der Waals surface area contributed by atoms with Crippen LogP contribution in [0, 0.1) is 11.8 Å². The zero-order chi connectivity index (χ0) is 12.3. The molecule has 1 aromatic heterocycles. The smallest absolute Gasteiger partial charge is 0.201 e. The van der Waals surface area contributed by atoms with Crippen molar-refractivity contribution in [2.45, 2.75) is 31.7 Å². The second-order valence-electron chi connectivity index (χ2n) is 5.64. The quantitative estimate of drug-likeness (QED) is 0.917. The molecule has 2 aliphatic rings. The van der Waals surface area contributed by atoms with Crippen molar-refractivity contribution >= 4 is 28.6 Å². The zero-order valence-electron chi connectivity index (χ0n) is 10.1. The zero-order valence-corrected chi connectivity index (χ0v) is 10.9. The Balaban J connectivity index is 1.89. The first-order chi connectivity index (χ1) is 8.74. The van der Waals surface area contributed by atoms with E-state index in [4.69, 9.17) is 17.3 Å². The number of hydrogen-bond acceptors (Lipinski definition) is 2. The summed E-state index contributed by atoms with van der Waals surface area (Å²) in [5, 5.41) is 0.724. The van der Waals surface area contributed by atoms with Gasteiger partial charge in [0.15, 0.2) is 0 Å². The lowest BCUT2D eigenvalue weighted by atomic mass is 10.1. The highest BCUT2D eigenvalue weighted by molar-refractivity contribution is 6.31. The molecule has 4 rings (SSSR count). The number of fused-ring (bicyclic) bond motifs is 1. The average Bonchev–Trinajstić information content (AvgIpc) is 3.21. The highest BCUT2D eigenvalue weighted by Crippen LogP contribution is 2.53. The Morgan fingerprint density at radius 2 is 1.89 bits per heavy atom. The maximum Gasteiger partial charge on any atom is 0.201 e. The van der Waals surface area contributed by atoms with Crippen LogP contribution in [0.3, 0.4) is 0 Å². The first-order valence-electron chi connectivity index (χ1n) is 6.67. The summed E-state index contributed by atoms with van der Waals surface area (Å²) >= 11 is 6.02. The van der Waals surface area contributed by atoms with Gasteiger partial charge in [-0.2, -0.15) is 0 Å². The van der Waals surface area contributed by atoms with E-state index in [2.05, 4.69) is 15.6 Å². The van der Waals surface area contributed by atoms with E-state index in [1.165, 1.54) is 25.7 Å². The van der Waals surface area contributed by atoms with Crippen LogP contribution in [0.15, 0.2) is 18.2 Å². The molecule has 0 unspecified atom stereocenters. The van der Waals surface area contributed by atoms with Crippen LogP contribution in [0.2, 0.25) is 5.02 Å². The topological polar surface area (TPSA) is 43.8 Å². The van der Waals surface area contributed by atoms with Gasteiger partial charge < -0.3 is 10.3 Å². The van der Waals surface area contributed by atoms with Crippen LogP contribution in [0.4, 0.5) is 5.95 Å². The van der Waals surface area contributed by atoms with Gasteiger partial charge in [0.25, 0.3) is 0 Å². The van der Waals surface area contributed by atoms with E-state index in [1.807, 2.05) is 12.1 Å². The van der Waals surface area contributed by atoms with Crippen molar-refractivity contribution in [2.75, 3.05) is 5.73 Å². The Labute approximate surface area is 111 Å². The van der Waals surface area contributed by atoms with Gasteiger partial charge in [0.1, 0.15) is 0 Å². The Hall–Kier alpha value is -1.22. The van der Waals surface area contributed by atoms with E-state index in [0.29, 0.717) is 12.0 Å². The maximum absolute atomic E-state index is 6.14. The predicted octanol–water partition coefficient (Wildman–Crippen LogP) is 3.63. The van der Waals surface area contributed by atoms with Crippen molar-refractivity contribution < 1.29 is 0 Å². The second kappa shape index (κ2) is 3.64. The standard InChI is InChI=1S/C14H16ClN3/c15-10-5-6-12-11(7-10)17-14(16)18(12)13(8-1-2-8)9-3-4-9/h5-9,13H,1-4H2,(H2,16,17). The van der Waals surface area contributed by atoms with Gasteiger partial charge in [-0.15, -0.1) is 0 Å². The Morgan fingerprint density at radius 1 is 1.22 bits per heavy atom. The van der Waals surface area contributed by atoms with Gasteiger partial charge in [-0.25, -0.2) is 4.98 Å². The Morgan fingerprint density at radius 3 is 2.50 bits per heavy atom. The average molecular weight is 262 g/mol. The number of nitrogen functional groups attached to an aromatic ring is 1. The number of aromatic nitrogens is 2. The van der Waals surface area contributed by atoms with Gasteiger partial charge in [-0.05, 0) is 55.7 Å². The molecule has 3 nitrogen and oxygen atoms in total. The molecule has 2 aromatic rings. The summed E-state index contributed by atoms with van der Waals surface area (Å²) in [7, 11) is 0. The third-order valence-electron chi connectivity index (χ3n) is 4.19. The van der Waals surface area contributed by atoms with Crippen molar-refractivity contribution in [1.29, 1.82) is 0 Å². The van der Waals surface area contributed by atoms with Crippen molar-refractivity contribution in [3.63, 3.8) is 0 Å². The van der Waals surface area contributed by atoms with Gasteiger partial charge in [-0.3, -0.25) is 0 Å². The lowest BCUT2D eigenvalue weighted by Crippen LogP contribution is -2.15. The Kier molecular flexibility index (Phi) is 2.16. The minimum atomic E-state index is 0.566. The number of imidazole rings is 1. The lowest BCUT2D eigenvalue weighted by molar-refractivity contribution is 0.409. The molecule has 94 valence electrons. The monoisotopic (exact) mass is 261 g/mol. The summed E-state index contributed by atoms with van der Waals surface area (Å²) in [4.78, 5) is 4.47. The van der Waals surface area contributed by atoms with E-state index >= 15 is 0 Å². The molecule has 0 spiro atoms. The van der Waals surface area contributed by atoms with E-state index in [1.54, 1.807) is 0 Å². The highest BCUT2D eigenvalue weighted by Gasteiger charge is 2.43. The van der Waals surface area contributed by atoms with Crippen molar-refractivity contribution in [1.82, 2.24) is 9.55 Å². The molecule has 0 amide bonds. The summed E-state index contributed by atoms with van der Waals surface area (Å²) in [6.45, 7) is 0. The molecule has 0 atom stereocenters. The lowest BCUT2D eigenvalue weighted by Gasteiger charge is -2.19. The van der Waals surface area contributed by atoms with Gasteiger partial charge >= 0.3 is 0 Å². The fourth-order valence-electron chi connectivity index (χ4n) is 3.09. The van der Waals surface area contributed by atoms with E-state index in [9.17, 15) is 0 Å². The largest absolute Gasteiger partial charge is 0.369 e. The molecule has 18 heavy (non-hydrogen) atoms. The van der Waals surface area contributed by atoms with Crippen molar-refractivity contribution in [3.8, 4) is 0 Å². The van der Waals surface area contributed by atoms with Gasteiger partial charge in [-0.1, -0.05) is 11.6 Å². The van der Waals surface area contributed by atoms with Crippen LogP contribution in [0.1, 0.15) is 31.7 Å². The second-order valence-corrected chi connectivity index (χ2v) is 6.07. The van der Waals surface area contributed by atoms with Gasteiger partial charge in [0, 0.05) is 11.1 Å². The van der Waals surface area contributed by atoms with E-state index in [-0.39, 0.29) is 0 Å². The van der Waals surface area contributed by atoms with E-state index < -0.39 is 0 Å². The van der Waals surface area contributed by atoms with Crippen molar-refractivity contribution in [2.24, 2.45) is 11.8 Å². The minimum absolute atomic E-state index is 0.566. The fourth-order valence-corrected chi connectivity index (χ4v) is 3.25. The van der Waals surface area contributed by atoms with Crippen LogP contribution in [0.5, 0.6) is 0 Å². The number of rotatable bonds is 3. The number of anilines is 1. The highest BCUT2D eigenvalue weighted by atomic mass is 35.5. The molecule has 2 fully saturated rings. The maximum atomic E-state index is 6.14. The SMILES string of the molecule is Nc1nc2cc(Cl)ccc2n1C(C1CC1)C1CC1. The predicted molar refractivity (Wildman–Crippen MR) is 73.6 cm³/mol. The molecule has 2 N–H and O–H groups in total. The molecule has 1 aromatic carbocycles. The van der Waals surface area contributed by atoms with Crippen LogP contribution in [-0.2, 0) is 0 Å². The third-order valence-corrected chi connectivity index (χ3v) is 4.42. The number of nitrogens with zero attached hydrogens (tertiary/aromatic N) is 2. The number of hydrogen-bond donors (Lipinski definition) is 1. The molecule has 2 saturated carbocycles. The Bertz CT molecular complexity index is 599.